The van der Waals surface area contributed by atoms with Gasteiger partial charge >= 0.3 is 0 Å². The molecule has 1 heterocycles. The summed E-state index contributed by atoms with van der Waals surface area (Å²) in [5.41, 5.74) is 2.05. The molecule has 1 N–H and O–H groups in total. The molecule has 3 atom stereocenters. The molecule has 20 heavy (non-hydrogen) atoms. The van der Waals surface area contributed by atoms with Gasteiger partial charge in [0.05, 0.1) is 6.04 Å². The van der Waals surface area contributed by atoms with E-state index in [1.54, 1.807) is 0 Å². The van der Waals surface area contributed by atoms with Crippen molar-refractivity contribution in [2.24, 2.45) is 11.8 Å². The number of hydrogen-bond acceptors (Lipinski definition) is 2. The first kappa shape index (κ1) is 15.0. The van der Waals surface area contributed by atoms with Crippen molar-refractivity contribution in [1.82, 2.24) is 4.90 Å². The molecule has 0 aromatic heterocycles. The minimum Gasteiger partial charge on any atom is -0.325 e. The predicted octanol–water partition coefficient (Wildman–Crippen LogP) is 3.30. The Morgan fingerprint density at radius 1 is 1.30 bits per heavy atom. The SMILES string of the molecule is Cc1cccc(NC(=O)[C@@H](C)N2C[C@@H](C)C[C@H](C)C2)c1. The van der Waals surface area contributed by atoms with E-state index in [0.717, 1.165) is 24.3 Å². The minimum atomic E-state index is -0.0688. The molecule has 3 heteroatoms. The van der Waals surface area contributed by atoms with Crippen LogP contribution in [0.4, 0.5) is 5.69 Å². The van der Waals surface area contributed by atoms with Crippen LogP contribution < -0.4 is 5.32 Å². The summed E-state index contributed by atoms with van der Waals surface area (Å²) in [6.45, 7) is 10.6. The Labute approximate surface area is 122 Å². The van der Waals surface area contributed by atoms with Crippen molar-refractivity contribution >= 4 is 11.6 Å². The third kappa shape index (κ3) is 3.83. The van der Waals surface area contributed by atoms with Gasteiger partial charge in [-0.15, -0.1) is 0 Å². The molecule has 1 aliphatic heterocycles. The Bertz CT molecular complexity index is 462. The third-order valence-electron chi connectivity index (χ3n) is 4.11. The molecule has 110 valence electrons. The van der Waals surface area contributed by atoms with Gasteiger partial charge in [0, 0.05) is 18.8 Å². The lowest BCUT2D eigenvalue weighted by molar-refractivity contribution is -0.121. The highest BCUT2D eigenvalue weighted by Gasteiger charge is 2.28. The molecule has 1 aromatic carbocycles. The van der Waals surface area contributed by atoms with Crippen LogP contribution in [-0.4, -0.2) is 29.9 Å². The number of anilines is 1. The van der Waals surface area contributed by atoms with Crippen LogP contribution in [0.1, 0.15) is 32.8 Å². The molecule has 1 fully saturated rings. The third-order valence-corrected chi connectivity index (χ3v) is 4.11. The highest BCUT2D eigenvalue weighted by atomic mass is 16.2. The second kappa shape index (κ2) is 6.40. The maximum atomic E-state index is 12.4. The fourth-order valence-electron chi connectivity index (χ4n) is 3.16. The van der Waals surface area contributed by atoms with E-state index in [2.05, 4.69) is 24.1 Å². The second-order valence-corrected chi connectivity index (χ2v) is 6.43. The maximum Gasteiger partial charge on any atom is 0.241 e. The van der Waals surface area contributed by atoms with E-state index in [4.69, 9.17) is 0 Å². The average Bonchev–Trinajstić information content (AvgIpc) is 2.36. The summed E-state index contributed by atoms with van der Waals surface area (Å²) in [6, 6.07) is 7.89. The zero-order valence-electron chi connectivity index (χ0n) is 13.0. The van der Waals surface area contributed by atoms with Gasteiger partial charge in [-0.1, -0.05) is 26.0 Å². The molecular weight excluding hydrogens is 248 g/mol. The monoisotopic (exact) mass is 274 g/mol. The second-order valence-electron chi connectivity index (χ2n) is 6.43. The lowest BCUT2D eigenvalue weighted by atomic mass is 9.91. The Morgan fingerprint density at radius 3 is 2.55 bits per heavy atom. The standard InChI is InChI=1S/C17H26N2O/c1-12-6-5-7-16(9-12)18-17(20)15(4)19-10-13(2)8-14(3)11-19/h5-7,9,13-15H,8,10-11H2,1-4H3,(H,18,20)/t13-,14-,15+/m0/s1. The van der Waals surface area contributed by atoms with Gasteiger partial charge < -0.3 is 5.32 Å². The van der Waals surface area contributed by atoms with E-state index in [1.165, 1.54) is 6.42 Å². The van der Waals surface area contributed by atoms with E-state index in [-0.39, 0.29) is 11.9 Å². The van der Waals surface area contributed by atoms with Crippen molar-refractivity contribution in [2.45, 2.75) is 40.2 Å². The quantitative estimate of drug-likeness (QED) is 0.917. The van der Waals surface area contributed by atoms with Crippen LogP contribution in [0.3, 0.4) is 0 Å². The lowest BCUT2D eigenvalue weighted by Crippen LogP contribution is -2.48. The fraction of sp³-hybridized carbons (Fsp3) is 0.588. The Kier molecular flexibility index (Phi) is 4.81. The first-order valence-corrected chi connectivity index (χ1v) is 7.57. The summed E-state index contributed by atoms with van der Waals surface area (Å²) < 4.78 is 0. The number of carbonyl (C=O) groups excluding carboxylic acids is 1. The fourth-order valence-corrected chi connectivity index (χ4v) is 3.16. The van der Waals surface area contributed by atoms with Gasteiger partial charge in [0.15, 0.2) is 0 Å². The number of aryl methyl sites for hydroxylation is 1. The highest BCUT2D eigenvalue weighted by Crippen LogP contribution is 2.23. The number of rotatable bonds is 3. The number of nitrogens with zero attached hydrogens (tertiary/aromatic N) is 1. The molecule has 0 spiro atoms. The summed E-state index contributed by atoms with van der Waals surface area (Å²) in [6.07, 6.45) is 1.27. The minimum absolute atomic E-state index is 0.0688. The van der Waals surface area contributed by atoms with Gasteiger partial charge in [-0.05, 0) is 49.8 Å². The van der Waals surface area contributed by atoms with Crippen LogP contribution in [0.15, 0.2) is 24.3 Å². The lowest BCUT2D eigenvalue weighted by Gasteiger charge is -2.38. The largest absolute Gasteiger partial charge is 0.325 e. The highest BCUT2D eigenvalue weighted by molar-refractivity contribution is 5.94. The summed E-state index contributed by atoms with van der Waals surface area (Å²) in [4.78, 5) is 14.7. The zero-order chi connectivity index (χ0) is 14.7. The van der Waals surface area contributed by atoms with Crippen molar-refractivity contribution in [2.75, 3.05) is 18.4 Å². The topological polar surface area (TPSA) is 32.3 Å². The van der Waals surface area contributed by atoms with E-state index in [9.17, 15) is 4.79 Å². The summed E-state index contributed by atoms with van der Waals surface area (Å²) in [5, 5.41) is 3.03. The first-order chi connectivity index (χ1) is 9.45. The smallest absolute Gasteiger partial charge is 0.241 e. The molecule has 3 nitrogen and oxygen atoms in total. The number of nitrogens with one attached hydrogen (secondary N) is 1. The molecule has 0 bridgehead atoms. The molecule has 1 amide bonds. The predicted molar refractivity (Wildman–Crippen MR) is 83.8 cm³/mol. The molecule has 1 saturated heterocycles. The number of carbonyl (C=O) groups is 1. The molecule has 2 rings (SSSR count). The Balaban J connectivity index is 1.98. The number of benzene rings is 1. The number of amides is 1. The zero-order valence-corrected chi connectivity index (χ0v) is 13.0. The van der Waals surface area contributed by atoms with E-state index in [1.807, 2.05) is 38.1 Å². The molecule has 0 radical (unpaired) electrons. The average molecular weight is 274 g/mol. The maximum absolute atomic E-state index is 12.4. The number of likely N-dealkylation sites (tertiary alicyclic amines) is 1. The molecular formula is C17H26N2O. The number of hydrogen-bond donors (Lipinski definition) is 1. The van der Waals surface area contributed by atoms with Gasteiger partial charge in [-0.3, -0.25) is 9.69 Å². The van der Waals surface area contributed by atoms with E-state index < -0.39 is 0 Å². The van der Waals surface area contributed by atoms with E-state index in [0.29, 0.717) is 11.8 Å². The van der Waals surface area contributed by atoms with Crippen LogP contribution in [0.2, 0.25) is 0 Å². The van der Waals surface area contributed by atoms with Crippen molar-refractivity contribution in [1.29, 1.82) is 0 Å². The van der Waals surface area contributed by atoms with Crippen LogP contribution in [-0.2, 0) is 4.79 Å². The van der Waals surface area contributed by atoms with Gasteiger partial charge in [0.2, 0.25) is 5.91 Å². The van der Waals surface area contributed by atoms with Crippen molar-refractivity contribution in [3.63, 3.8) is 0 Å². The van der Waals surface area contributed by atoms with Crippen LogP contribution in [0.25, 0.3) is 0 Å². The van der Waals surface area contributed by atoms with Crippen molar-refractivity contribution < 1.29 is 4.79 Å². The van der Waals surface area contributed by atoms with E-state index >= 15 is 0 Å². The molecule has 0 unspecified atom stereocenters. The summed E-state index contributed by atoms with van der Waals surface area (Å²) in [7, 11) is 0. The Morgan fingerprint density at radius 2 is 1.95 bits per heavy atom. The first-order valence-electron chi connectivity index (χ1n) is 7.57. The molecule has 1 aromatic rings. The summed E-state index contributed by atoms with van der Waals surface area (Å²) >= 11 is 0. The normalized spacial score (nSPS) is 25.2. The molecule has 0 aliphatic carbocycles. The van der Waals surface area contributed by atoms with Crippen LogP contribution >= 0.6 is 0 Å². The van der Waals surface area contributed by atoms with Gasteiger partial charge in [0.1, 0.15) is 0 Å². The van der Waals surface area contributed by atoms with Crippen LogP contribution in [0, 0.1) is 18.8 Å². The van der Waals surface area contributed by atoms with Gasteiger partial charge in [0.25, 0.3) is 0 Å². The van der Waals surface area contributed by atoms with Gasteiger partial charge in [-0.2, -0.15) is 0 Å². The van der Waals surface area contributed by atoms with Crippen molar-refractivity contribution in [3.05, 3.63) is 29.8 Å². The van der Waals surface area contributed by atoms with Crippen LogP contribution in [0.5, 0.6) is 0 Å². The summed E-state index contributed by atoms with van der Waals surface area (Å²) in [5.74, 6) is 1.44. The molecule has 1 aliphatic rings. The van der Waals surface area contributed by atoms with Crippen molar-refractivity contribution in [3.8, 4) is 0 Å². The molecule has 0 saturated carbocycles. The van der Waals surface area contributed by atoms with Gasteiger partial charge in [-0.25, -0.2) is 0 Å². The number of piperidine rings is 1. The Hall–Kier alpha value is -1.35.